The number of aliphatic hydroxyl groups is 2. The van der Waals surface area contributed by atoms with Crippen LogP contribution < -0.4 is 4.74 Å². The fourth-order valence-electron chi connectivity index (χ4n) is 3.24. The minimum Gasteiger partial charge on any atom is -0.494 e. The highest BCUT2D eigenvalue weighted by molar-refractivity contribution is 6.00. The third-order valence-corrected chi connectivity index (χ3v) is 4.79. The first-order valence-electron chi connectivity index (χ1n) is 9.53. The summed E-state index contributed by atoms with van der Waals surface area (Å²) in [6, 6.07) is 13.4. The van der Waals surface area contributed by atoms with Crippen molar-refractivity contribution in [1.82, 2.24) is 0 Å². The third kappa shape index (κ3) is 4.46. The van der Waals surface area contributed by atoms with E-state index in [1.54, 1.807) is 48.5 Å². The third-order valence-electron chi connectivity index (χ3n) is 4.79. The van der Waals surface area contributed by atoms with Gasteiger partial charge in [-0.2, -0.15) is 0 Å². The summed E-state index contributed by atoms with van der Waals surface area (Å²) in [4.78, 5) is 19.9. The zero-order chi connectivity index (χ0) is 22.3. The zero-order valence-corrected chi connectivity index (χ0v) is 16.8. The summed E-state index contributed by atoms with van der Waals surface area (Å²) in [5, 5.41) is 22.7. The highest BCUT2D eigenvalue weighted by atomic mass is 16.5. The van der Waals surface area contributed by atoms with Crippen LogP contribution in [0.5, 0.6) is 5.75 Å². The first-order chi connectivity index (χ1) is 15.1. The van der Waals surface area contributed by atoms with E-state index in [0.29, 0.717) is 29.9 Å². The lowest BCUT2D eigenvalue weighted by Crippen LogP contribution is -2.45. The van der Waals surface area contributed by atoms with Crippen molar-refractivity contribution in [3.05, 3.63) is 70.1 Å². The second kappa shape index (κ2) is 9.94. The largest absolute Gasteiger partial charge is 0.494 e. The molecule has 0 unspecified atom stereocenters. The summed E-state index contributed by atoms with van der Waals surface area (Å²) in [5.41, 5.74) is 8.32. The van der Waals surface area contributed by atoms with Crippen LogP contribution in [0.15, 0.2) is 58.6 Å². The van der Waals surface area contributed by atoms with Gasteiger partial charge in [-0.15, -0.1) is 0 Å². The maximum Gasteiger partial charge on any atom is 0.340 e. The van der Waals surface area contributed by atoms with Crippen molar-refractivity contribution >= 4 is 17.6 Å². The highest BCUT2D eigenvalue weighted by Crippen LogP contribution is 2.43. The lowest BCUT2D eigenvalue weighted by Gasteiger charge is -2.27. The smallest absolute Gasteiger partial charge is 0.340 e. The lowest BCUT2D eigenvalue weighted by molar-refractivity contribution is -0.151. The molecule has 0 amide bonds. The predicted molar refractivity (Wildman–Crippen MR) is 111 cm³/mol. The van der Waals surface area contributed by atoms with E-state index in [0.717, 1.165) is 0 Å². The Morgan fingerprint density at radius 2 is 2.00 bits per heavy atom. The molecular formula is C21H22N4O6. The van der Waals surface area contributed by atoms with Gasteiger partial charge in [0, 0.05) is 34.8 Å². The molecule has 0 aromatic heterocycles. The van der Waals surface area contributed by atoms with Crippen LogP contribution in [-0.4, -0.2) is 54.5 Å². The Morgan fingerprint density at radius 3 is 2.65 bits per heavy atom. The van der Waals surface area contributed by atoms with Gasteiger partial charge in [-0.25, -0.2) is 9.79 Å². The number of hydrogen-bond donors (Lipinski definition) is 2. The Hall–Kier alpha value is -3.59. The van der Waals surface area contributed by atoms with Gasteiger partial charge in [0.15, 0.2) is 6.10 Å². The number of azide groups is 1. The normalized spacial score (nSPS) is 19.7. The van der Waals surface area contributed by atoms with E-state index in [2.05, 4.69) is 15.0 Å². The molecule has 0 radical (unpaired) electrons. The minimum absolute atomic E-state index is 0.0399. The first kappa shape index (κ1) is 22.1. The van der Waals surface area contributed by atoms with Gasteiger partial charge < -0.3 is 24.4 Å². The van der Waals surface area contributed by atoms with Crippen molar-refractivity contribution in [2.45, 2.75) is 18.1 Å². The molecule has 0 fully saturated rings. The molecule has 2 N–H and O–H groups in total. The second-order valence-corrected chi connectivity index (χ2v) is 6.69. The molecule has 1 aliphatic rings. The Labute approximate surface area is 178 Å². The molecular weight excluding hydrogens is 404 g/mol. The average molecular weight is 426 g/mol. The molecule has 2 aromatic carbocycles. The number of carbonyl (C=O) groups is 1. The van der Waals surface area contributed by atoms with E-state index in [4.69, 9.17) is 24.8 Å². The highest BCUT2D eigenvalue weighted by Gasteiger charge is 2.54. The number of esters is 1. The van der Waals surface area contributed by atoms with Crippen molar-refractivity contribution in [2.75, 3.05) is 26.9 Å². The number of carbonyl (C=O) groups excluding carboxylic acids is 1. The molecule has 2 aromatic rings. The summed E-state index contributed by atoms with van der Waals surface area (Å²) in [5.74, 6) is -0.0563. The summed E-state index contributed by atoms with van der Waals surface area (Å²) in [6.07, 6.45) is -0.552. The molecule has 0 saturated carbocycles. The molecule has 0 aliphatic carbocycles. The quantitative estimate of drug-likeness (QED) is 0.207. The lowest BCUT2D eigenvalue weighted by atomic mass is 9.88. The fourth-order valence-corrected chi connectivity index (χ4v) is 3.24. The van der Waals surface area contributed by atoms with Crippen LogP contribution >= 0.6 is 0 Å². The van der Waals surface area contributed by atoms with Gasteiger partial charge >= 0.3 is 5.97 Å². The molecule has 2 atom stereocenters. The summed E-state index contributed by atoms with van der Waals surface area (Å²) >= 11 is 0. The molecule has 31 heavy (non-hydrogen) atoms. The Morgan fingerprint density at radius 1 is 1.26 bits per heavy atom. The standard InChI is InChI=1S/C21H22N4O6/c1-29-20(28)21(13-27)18(16-5-2-3-6-17(16)24-25-22)31-19(23-21)14-7-9-15(10-8-14)30-12-4-11-26/h2-3,5-10,18,26-27H,4,11-13H2,1H3/t18-,21-/m1/s1. The van der Waals surface area contributed by atoms with E-state index < -0.39 is 24.2 Å². The zero-order valence-electron chi connectivity index (χ0n) is 16.8. The number of hydrogen-bond acceptors (Lipinski definition) is 8. The van der Waals surface area contributed by atoms with E-state index >= 15 is 0 Å². The van der Waals surface area contributed by atoms with Crippen LogP contribution in [-0.2, 0) is 14.3 Å². The average Bonchev–Trinajstić information content (AvgIpc) is 3.20. The van der Waals surface area contributed by atoms with Crippen molar-refractivity contribution in [2.24, 2.45) is 10.1 Å². The van der Waals surface area contributed by atoms with Crippen molar-refractivity contribution in [3.63, 3.8) is 0 Å². The molecule has 3 rings (SSSR count). The van der Waals surface area contributed by atoms with E-state index in [9.17, 15) is 9.90 Å². The number of rotatable bonds is 9. The van der Waals surface area contributed by atoms with Crippen LogP contribution in [0.4, 0.5) is 5.69 Å². The Bertz CT molecular complexity index is 1000. The number of aliphatic hydroxyl groups excluding tert-OH is 2. The topological polar surface area (TPSA) is 146 Å². The monoisotopic (exact) mass is 426 g/mol. The molecule has 1 aliphatic heterocycles. The first-order valence-corrected chi connectivity index (χ1v) is 9.53. The van der Waals surface area contributed by atoms with Crippen molar-refractivity contribution < 1.29 is 29.2 Å². The fraction of sp³-hybridized carbons (Fsp3) is 0.333. The molecule has 0 saturated heterocycles. The van der Waals surface area contributed by atoms with Gasteiger partial charge in [-0.05, 0) is 29.8 Å². The summed E-state index contributed by atoms with van der Waals surface area (Å²) in [7, 11) is 1.20. The number of ether oxygens (including phenoxy) is 3. The van der Waals surface area contributed by atoms with Crippen LogP contribution in [0.25, 0.3) is 10.4 Å². The van der Waals surface area contributed by atoms with E-state index in [1.165, 1.54) is 7.11 Å². The van der Waals surface area contributed by atoms with Crippen molar-refractivity contribution in [3.8, 4) is 5.75 Å². The molecule has 10 heteroatoms. The molecule has 162 valence electrons. The number of nitrogens with zero attached hydrogens (tertiary/aromatic N) is 4. The summed E-state index contributed by atoms with van der Waals surface area (Å²) < 4.78 is 16.4. The second-order valence-electron chi connectivity index (χ2n) is 6.69. The van der Waals surface area contributed by atoms with Gasteiger partial charge in [-0.1, -0.05) is 29.4 Å². The number of methoxy groups -OCH3 is 1. The Kier molecular flexibility index (Phi) is 7.09. The number of benzene rings is 2. The van der Waals surface area contributed by atoms with Crippen molar-refractivity contribution in [1.29, 1.82) is 0 Å². The SMILES string of the molecule is COC(=O)[C@]1(CO)N=C(c2ccc(OCCCO)cc2)O[C@@H]1c1ccccc1N=[N+]=[N-]. The van der Waals surface area contributed by atoms with E-state index in [-0.39, 0.29) is 18.2 Å². The van der Waals surface area contributed by atoms with E-state index in [1.807, 2.05) is 0 Å². The number of aliphatic imine (C=N–C) groups is 1. The Balaban J connectivity index is 1.99. The van der Waals surface area contributed by atoms with Gasteiger partial charge in [-0.3, -0.25) is 0 Å². The van der Waals surface area contributed by atoms with Gasteiger partial charge in [0.1, 0.15) is 5.75 Å². The van der Waals surface area contributed by atoms with Crippen LogP contribution in [0, 0.1) is 0 Å². The molecule has 0 spiro atoms. The van der Waals surface area contributed by atoms with Crippen LogP contribution in [0.2, 0.25) is 0 Å². The molecule has 1 heterocycles. The molecule has 10 nitrogen and oxygen atoms in total. The van der Waals surface area contributed by atoms with Gasteiger partial charge in [0.2, 0.25) is 11.4 Å². The minimum atomic E-state index is -1.76. The summed E-state index contributed by atoms with van der Waals surface area (Å²) in [6.45, 7) is -0.263. The van der Waals surface area contributed by atoms with Gasteiger partial charge in [0.05, 0.1) is 20.3 Å². The van der Waals surface area contributed by atoms with Crippen LogP contribution in [0.3, 0.4) is 0 Å². The predicted octanol–water partition coefficient (Wildman–Crippen LogP) is 2.81. The maximum absolute atomic E-state index is 12.7. The maximum atomic E-state index is 12.7. The van der Waals surface area contributed by atoms with Crippen LogP contribution in [0.1, 0.15) is 23.7 Å². The molecule has 0 bridgehead atoms. The van der Waals surface area contributed by atoms with Gasteiger partial charge in [0.25, 0.3) is 0 Å².